The third kappa shape index (κ3) is 3.24. The van der Waals surface area contributed by atoms with Gasteiger partial charge in [-0.3, -0.25) is 0 Å². The van der Waals surface area contributed by atoms with E-state index in [1.165, 1.54) is 24.8 Å². The van der Waals surface area contributed by atoms with Crippen molar-refractivity contribution in [2.45, 2.75) is 38.8 Å². The second-order valence-electron chi connectivity index (χ2n) is 4.80. The van der Waals surface area contributed by atoms with E-state index < -0.39 is 0 Å². The molecule has 2 unspecified atom stereocenters. The topological polar surface area (TPSA) is 32.3 Å². The normalized spacial score (nSPS) is 24.2. The van der Waals surface area contributed by atoms with Crippen LogP contribution in [0.15, 0.2) is 21.1 Å². The highest BCUT2D eigenvalue weighted by molar-refractivity contribution is 9.11. The number of phenols is 1. The maximum absolute atomic E-state index is 9.64. The minimum absolute atomic E-state index is 0.267. The van der Waals surface area contributed by atoms with E-state index >= 15 is 0 Å². The Hall–Kier alpha value is -0.0600. The Balaban J connectivity index is 1.99. The molecule has 2 atom stereocenters. The average molecular weight is 363 g/mol. The minimum Gasteiger partial charge on any atom is -0.506 e. The summed E-state index contributed by atoms with van der Waals surface area (Å²) in [6.45, 7) is 3.17. The van der Waals surface area contributed by atoms with Gasteiger partial charge in [0.2, 0.25) is 0 Å². The van der Waals surface area contributed by atoms with Crippen molar-refractivity contribution in [3.8, 4) is 5.75 Å². The predicted molar refractivity (Wildman–Crippen MR) is 77.1 cm³/mol. The predicted octanol–water partition coefficient (Wildman–Crippen LogP) is 4.20. The van der Waals surface area contributed by atoms with E-state index in [4.69, 9.17) is 0 Å². The average Bonchev–Trinajstić information content (AvgIpc) is 2.69. The van der Waals surface area contributed by atoms with Crippen molar-refractivity contribution in [1.82, 2.24) is 5.32 Å². The number of aromatic hydroxyl groups is 1. The van der Waals surface area contributed by atoms with Crippen molar-refractivity contribution < 1.29 is 5.11 Å². The van der Waals surface area contributed by atoms with Crippen molar-refractivity contribution in [1.29, 1.82) is 0 Å². The van der Waals surface area contributed by atoms with Crippen LogP contribution >= 0.6 is 31.9 Å². The van der Waals surface area contributed by atoms with Crippen LogP contribution in [0.1, 0.15) is 31.7 Å². The highest BCUT2D eigenvalue weighted by atomic mass is 79.9. The molecule has 0 saturated heterocycles. The van der Waals surface area contributed by atoms with Crippen LogP contribution in [0.25, 0.3) is 0 Å². The number of phenolic OH excluding ortho intramolecular Hbond substituents is 1. The fourth-order valence-corrected chi connectivity index (χ4v) is 3.70. The van der Waals surface area contributed by atoms with E-state index in [2.05, 4.69) is 44.1 Å². The smallest absolute Gasteiger partial charge is 0.143 e. The van der Waals surface area contributed by atoms with Gasteiger partial charge in [0, 0.05) is 12.6 Å². The molecule has 1 aromatic carbocycles. The van der Waals surface area contributed by atoms with Gasteiger partial charge in [0.15, 0.2) is 0 Å². The first-order valence-corrected chi connectivity index (χ1v) is 7.57. The molecule has 1 aliphatic carbocycles. The Morgan fingerprint density at radius 1 is 1.29 bits per heavy atom. The van der Waals surface area contributed by atoms with Crippen molar-refractivity contribution in [2.24, 2.45) is 5.92 Å². The molecule has 1 fully saturated rings. The Kier molecular flexibility index (Phi) is 4.50. The molecule has 0 amide bonds. The highest BCUT2D eigenvalue weighted by Gasteiger charge is 2.22. The number of benzene rings is 1. The Labute approximate surface area is 119 Å². The Morgan fingerprint density at radius 2 is 1.94 bits per heavy atom. The second kappa shape index (κ2) is 5.72. The molecule has 17 heavy (non-hydrogen) atoms. The lowest BCUT2D eigenvalue weighted by atomic mass is 10.1. The number of hydrogen-bond donors (Lipinski definition) is 2. The summed E-state index contributed by atoms with van der Waals surface area (Å²) >= 11 is 6.71. The van der Waals surface area contributed by atoms with Crippen LogP contribution in [0.5, 0.6) is 5.75 Å². The quantitative estimate of drug-likeness (QED) is 0.844. The summed E-state index contributed by atoms with van der Waals surface area (Å²) < 4.78 is 1.48. The van der Waals surface area contributed by atoms with E-state index in [9.17, 15) is 5.11 Å². The van der Waals surface area contributed by atoms with Crippen molar-refractivity contribution in [3.05, 3.63) is 26.6 Å². The summed E-state index contributed by atoms with van der Waals surface area (Å²) in [6.07, 6.45) is 3.95. The second-order valence-corrected chi connectivity index (χ2v) is 6.51. The monoisotopic (exact) mass is 361 g/mol. The fourth-order valence-electron chi connectivity index (χ4n) is 2.42. The molecular weight excluding hydrogens is 346 g/mol. The van der Waals surface area contributed by atoms with Crippen LogP contribution in [-0.4, -0.2) is 11.1 Å². The van der Waals surface area contributed by atoms with Crippen LogP contribution in [0.2, 0.25) is 0 Å². The van der Waals surface area contributed by atoms with Crippen LogP contribution < -0.4 is 5.32 Å². The zero-order valence-corrected chi connectivity index (χ0v) is 13.0. The van der Waals surface area contributed by atoms with Crippen LogP contribution in [0, 0.1) is 5.92 Å². The Morgan fingerprint density at radius 3 is 2.47 bits per heavy atom. The van der Waals surface area contributed by atoms with E-state index in [0.29, 0.717) is 6.04 Å². The summed E-state index contributed by atoms with van der Waals surface area (Å²) in [6, 6.07) is 4.57. The standard InChI is InChI=1S/C13H17Br2NO/c1-8-3-2-4-12(8)16-7-9-5-10(14)13(17)11(15)6-9/h5-6,8,12,16-17H,2-4,7H2,1H3. The molecule has 1 aliphatic rings. The molecule has 2 N–H and O–H groups in total. The first-order chi connectivity index (χ1) is 8.08. The lowest BCUT2D eigenvalue weighted by molar-refractivity contribution is 0.425. The number of hydrogen-bond acceptors (Lipinski definition) is 2. The van der Waals surface area contributed by atoms with E-state index in [-0.39, 0.29) is 5.75 Å². The van der Waals surface area contributed by atoms with Gasteiger partial charge in [-0.25, -0.2) is 0 Å². The molecule has 0 radical (unpaired) electrons. The molecule has 0 heterocycles. The molecule has 0 aliphatic heterocycles. The molecule has 0 bridgehead atoms. The summed E-state index contributed by atoms with van der Waals surface area (Å²) in [4.78, 5) is 0. The molecule has 4 heteroatoms. The molecule has 0 aromatic heterocycles. The van der Waals surface area contributed by atoms with Gasteiger partial charge in [-0.15, -0.1) is 0 Å². The minimum atomic E-state index is 0.267. The SMILES string of the molecule is CC1CCCC1NCc1cc(Br)c(O)c(Br)c1. The number of rotatable bonds is 3. The summed E-state index contributed by atoms with van der Waals surface area (Å²) in [5.74, 6) is 1.04. The summed E-state index contributed by atoms with van der Waals surface area (Å²) in [5, 5.41) is 13.2. The molecule has 1 aromatic rings. The van der Waals surface area contributed by atoms with Gasteiger partial charge in [-0.2, -0.15) is 0 Å². The zero-order chi connectivity index (χ0) is 12.4. The van der Waals surface area contributed by atoms with Gasteiger partial charge >= 0.3 is 0 Å². The third-order valence-electron chi connectivity index (χ3n) is 3.51. The van der Waals surface area contributed by atoms with Crippen LogP contribution in [-0.2, 0) is 6.54 Å². The van der Waals surface area contributed by atoms with Gasteiger partial charge < -0.3 is 10.4 Å². The fraction of sp³-hybridized carbons (Fsp3) is 0.538. The Bertz CT molecular complexity index is 385. The third-order valence-corrected chi connectivity index (χ3v) is 4.72. The zero-order valence-electron chi connectivity index (χ0n) is 9.84. The highest BCUT2D eigenvalue weighted by Crippen LogP contribution is 2.33. The first kappa shape index (κ1) is 13.4. The maximum atomic E-state index is 9.64. The number of nitrogens with one attached hydrogen (secondary N) is 1. The van der Waals surface area contributed by atoms with Crippen LogP contribution in [0.3, 0.4) is 0 Å². The lowest BCUT2D eigenvalue weighted by Crippen LogP contribution is -2.30. The van der Waals surface area contributed by atoms with Crippen molar-refractivity contribution in [2.75, 3.05) is 0 Å². The lowest BCUT2D eigenvalue weighted by Gasteiger charge is -2.17. The van der Waals surface area contributed by atoms with Crippen molar-refractivity contribution >= 4 is 31.9 Å². The molecular formula is C13H17Br2NO. The van der Waals surface area contributed by atoms with E-state index in [0.717, 1.165) is 21.4 Å². The van der Waals surface area contributed by atoms with Gasteiger partial charge in [0.1, 0.15) is 5.75 Å². The largest absolute Gasteiger partial charge is 0.506 e. The van der Waals surface area contributed by atoms with Crippen molar-refractivity contribution in [3.63, 3.8) is 0 Å². The molecule has 2 rings (SSSR count). The maximum Gasteiger partial charge on any atom is 0.143 e. The summed E-state index contributed by atoms with van der Waals surface area (Å²) in [5.41, 5.74) is 1.18. The van der Waals surface area contributed by atoms with E-state index in [1.807, 2.05) is 12.1 Å². The molecule has 94 valence electrons. The molecule has 0 spiro atoms. The van der Waals surface area contributed by atoms with Gasteiger partial charge in [0.25, 0.3) is 0 Å². The molecule has 2 nitrogen and oxygen atoms in total. The van der Waals surface area contributed by atoms with Gasteiger partial charge in [-0.05, 0) is 68.3 Å². The summed E-state index contributed by atoms with van der Waals surface area (Å²) in [7, 11) is 0. The number of halogens is 2. The van der Waals surface area contributed by atoms with Crippen LogP contribution in [0.4, 0.5) is 0 Å². The first-order valence-electron chi connectivity index (χ1n) is 5.98. The molecule has 1 saturated carbocycles. The van der Waals surface area contributed by atoms with Gasteiger partial charge in [-0.1, -0.05) is 13.3 Å². The van der Waals surface area contributed by atoms with E-state index in [1.54, 1.807) is 0 Å². The van der Waals surface area contributed by atoms with Gasteiger partial charge in [0.05, 0.1) is 8.95 Å².